The van der Waals surface area contributed by atoms with E-state index in [0.29, 0.717) is 50.5 Å². The molecule has 0 bridgehead atoms. The van der Waals surface area contributed by atoms with Crippen molar-refractivity contribution < 1.29 is 23.9 Å². The third kappa shape index (κ3) is 10.3. The number of rotatable bonds is 15. The molecule has 1 aliphatic rings. The second kappa shape index (κ2) is 19.5. The first-order valence-corrected chi connectivity index (χ1v) is 21.2. The minimum absolute atomic E-state index is 0.00431. The van der Waals surface area contributed by atoms with Gasteiger partial charge in [0.1, 0.15) is 0 Å². The Balaban J connectivity index is 0.871. The van der Waals surface area contributed by atoms with Crippen LogP contribution >= 0.6 is 35.6 Å². The number of nitrogens with one attached hydrogen (secondary N) is 4. The standard InChI is InChI=1S/C45H44ClN7O5S2/c1-27-21-38(52-36-10-8-35(46)9-11-36)37-24-31(7-12-39(37)53(27)28(2)54)29-3-5-30(6-4-29)43(55)49-15-18-58-19-16-50-44(56)33-22-32-23-34(26-51-42(32)40(59)25-33)45(57)48-14-13-41-47-17-20-60-41/h3-12,17,20,22-27,38,52,59H,13-16,18-19,21H2,1-2H3,(H,48,57)(H,49,55)(H,50,56)/t27-,38+/m0/s1. The zero-order valence-corrected chi connectivity index (χ0v) is 35.5. The molecule has 6 aromatic rings. The third-order valence-corrected chi connectivity index (χ3v) is 11.6. The first-order chi connectivity index (χ1) is 29.0. The first kappa shape index (κ1) is 42.3. The van der Waals surface area contributed by atoms with Crippen LogP contribution in [-0.4, -0.2) is 72.5 Å². The summed E-state index contributed by atoms with van der Waals surface area (Å²) in [5, 5.41) is 16.4. The van der Waals surface area contributed by atoms with Crippen LogP contribution in [0.2, 0.25) is 5.02 Å². The second-order valence-corrected chi connectivity index (χ2v) is 16.3. The van der Waals surface area contributed by atoms with Gasteiger partial charge in [-0.1, -0.05) is 29.8 Å². The molecule has 4 N–H and O–H groups in total. The molecule has 1 aliphatic heterocycles. The normalized spacial score (nSPS) is 14.6. The molecule has 4 amide bonds. The van der Waals surface area contributed by atoms with Crippen molar-refractivity contribution in [3.8, 4) is 11.1 Å². The molecule has 4 aromatic carbocycles. The lowest BCUT2D eigenvalue weighted by Gasteiger charge is -2.39. The largest absolute Gasteiger partial charge is 0.378 e. The van der Waals surface area contributed by atoms with E-state index in [1.165, 1.54) is 17.5 Å². The monoisotopic (exact) mass is 861 g/mol. The van der Waals surface area contributed by atoms with Crippen LogP contribution in [0.5, 0.6) is 0 Å². The molecule has 0 unspecified atom stereocenters. The van der Waals surface area contributed by atoms with Gasteiger partial charge in [0.05, 0.1) is 35.3 Å². The Morgan fingerprint density at radius 2 is 1.48 bits per heavy atom. The zero-order chi connectivity index (χ0) is 42.2. The second-order valence-electron chi connectivity index (χ2n) is 14.4. The Hall–Kier alpha value is -5.80. The Labute approximate surface area is 362 Å². The van der Waals surface area contributed by atoms with Gasteiger partial charge in [0.15, 0.2) is 0 Å². The number of anilines is 2. The maximum Gasteiger partial charge on any atom is 0.252 e. The third-order valence-electron chi connectivity index (χ3n) is 10.1. The van der Waals surface area contributed by atoms with Crippen LogP contribution in [0.1, 0.15) is 68.0 Å². The molecular weight excluding hydrogens is 818 g/mol. The molecule has 308 valence electrons. The fraction of sp³-hybridized carbons (Fsp3) is 0.244. The summed E-state index contributed by atoms with van der Waals surface area (Å²) in [4.78, 5) is 62.3. The van der Waals surface area contributed by atoms with Crippen molar-refractivity contribution in [2.75, 3.05) is 43.1 Å². The number of aromatic nitrogens is 2. The summed E-state index contributed by atoms with van der Waals surface area (Å²) in [5.41, 5.74) is 6.61. The van der Waals surface area contributed by atoms with Crippen LogP contribution in [0.4, 0.5) is 11.4 Å². The Morgan fingerprint density at radius 3 is 2.18 bits per heavy atom. The molecule has 0 spiro atoms. The van der Waals surface area contributed by atoms with Crippen LogP contribution < -0.4 is 26.2 Å². The molecule has 7 rings (SSSR count). The molecule has 0 saturated carbocycles. The molecule has 2 atom stereocenters. The summed E-state index contributed by atoms with van der Waals surface area (Å²) in [6, 6.07) is 26.1. The van der Waals surface area contributed by atoms with E-state index >= 15 is 0 Å². The molecule has 0 radical (unpaired) electrons. The molecule has 15 heteroatoms. The number of fused-ring (bicyclic) bond motifs is 2. The number of hydrogen-bond acceptors (Lipinski definition) is 10. The van der Waals surface area contributed by atoms with Crippen molar-refractivity contribution in [1.82, 2.24) is 25.9 Å². The molecular formula is C45H44ClN7O5S2. The van der Waals surface area contributed by atoms with E-state index in [-0.39, 0.29) is 62.0 Å². The van der Waals surface area contributed by atoms with Gasteiger partial charge in [-0.3, -0.25) is 24.2 Å². The molecule has 60 heavy (non-hydrogen) atoms. The highest BCUT2D eigenvalue weighted by Gasteiger charge is 2.32. The van der Waals surface area contributed by atoms with E-state index in [9.17, 15) is 19.2 Å². The van der Waals surface area contributed by atoms with Gasteiger partial charge in [-0.15, -0.1) is 24.0 Å². The van der Waals surface area contributed by atoms with Crippen LogP contribution in [0.15, 0.2) is 108 Å². The van der Waals surface area contributed by atoms with Crippen LogP contribution in [0.3, 0.4) is 0 Å². The van der Waals surface area contributed by atoms with Gasteiger partial charge in [0.2, 0.25) is 5.91 Å². The molecule has 0 fully saturated rings. The van der Waals surface area contributed by atoms with E-state index < -0.39 is 0 Å². The number of hydrogen-bond donors (Lipinski definition) is 5. The fourth-order valence-corrected chi connectivity index (χ4v) is 8.32. The van der Waals surface area contributed by atoms with Crippen molar-refractivity contribution in [1.29, 1.82) is 0 Å². The first-order valence-electron chi connectivity index (χ1n) is 19.5. The average Bonchev–Trinajstić information content (AvgIpc) is 3.77. The van der Waals surface area contributed by atoms with Crippen molar-refractivity contribution in [2.45, 2.75) is 43.7 Å². The molecule has 2 aromatic heterocycles. The van der Waals surface area contributed by atoms with Crippen LogP contribution in [0.25, 0.3) is 22.0 Å². The Morgan fingerprint density at radius 1 is 0.817 bits per heavy atom. The molecule has 3 heterocycles. The number of thiazole rings is 1. The number of thiol groups is 1. The lowest BCUT2D eigenvalue weighted by Crippen LogP contribution is -2.43. The summed E-state index contributed by atoms with van der Waals surface area (Å²) < 4.78 is 5.66. The fourth-order valence-electron chi connectivity index (χ4n) is 7.25. The Bertz CT molecular complexity index is 2500. The number of carbonyl (C=O) groups is 4. The van der Waals surface area contributed by atoms with E-state index in [1.807, 2.05) is 58.8 Å². The average molecular weight is 862 g/mol. The number of ether oxygens (including phenoxy) is 1. The van der Waals surface area contributed by atoms with E-state index in [4.69, 9.17) is 16.3 Å². The van der Waals surface area contributed by atoms with Crippen molar-refractivity contribution in [3.63, 3.8) is 0 Å². The smallest absolute Gasteiger partial charge is 0.252 e. The van der Waals surface area contributed by atoms with Crippen LogP contribution in [-0.2, 0) is 16.0 Å². The van der Waals surface area contributed by atoms with E-state index in [1.54, 1.807) is 43.5 Å². The van der Waals surface area contributed by atoms with Gasteiger partial charge >= 0.3 is 0 Å². The summed E-state index contributed by atoms with van der Waals surface area (Å²) in [6.07, 6.45) is 4.60. The summed E-state index contributed by atoms with van der Waals surface area (Å²) in [5.74, 6) is -0.813. The van der Waals surface area contributed by atoms with E-state index in [2.05, 4.69) is 56.9 Å². The minimum Gasteiger partial charge on any atom is -0.378 e. The number of halogens is 1. The van der Waals surface area contributed by atoms with Gasteiger partial charge < -0.3 is 30.9 Å². The number of amides is 4. The predicted octanol–water partition coefficient (Wildman–Crippen LogP) is 7.75. The summed E-state index contributed by atoms with van der Waals surface area (Å²) >= 11 is 12.2. The lowest BCUT2D eigenvalue weighted by atomic mass is 9.88. The number of nitrogens with zero attached hydrogens (tertiary/aromatic N) is 3. The van der Waals surface area contributed by atoms with Gasteiger partial charge in [0, 0.05) is 94.6 Å². The van der Waals surface area contributed by atoms with Crippen molar-refractivity contribution in [2.24, 2.45) is 0 Å². The maximum atomic E-state index is 13.0. The summed E-state index contributed by atoms with van der Waals surface area (Å²) in [6.45, 7) is 5.13. The highest BCUT2D eigenvalue weighted by molar-refractivity contribution is 7.80. The minimum atomic E-state index is -0.316. The number of pyridine rings is 1. The quantitative estimate of drug-likeness (QED) is 0.0519. The van der Waals surface area contributed by atoms with Crippen LogP contribution in [0, 0.1) is 0 Å². The highest BCUT2D eigenvalue weighted by atomic mass is 35.5. The molecule has 0 saturated heterocycles. The van der Waals surface area contributed by atoms with Gasteiger partial charge in [-0.05, 0) is 96.8 Å². The van der Waals surface area contributed by atoms with E-state index in [0.717, 1.165) is 39.5 Å². The van der Waals surface area contributed by atoms with Gasteiger partial charge in [-0.2, -0.15) is 0 Å². The predicted molar refractivity (Wildman–Crippen MR) is 240 cm³/mol. The SMILES string of the molecule is CC(=O)N1c2ccc(-c3ccc(C(=O)NCCOCCNC(=O)c4cc(S)c5ncc(C(=O)NCCc6nccs6)cc5c4)cc3)cc2[C@H](Nc2ccc(Cl)cc2)C[C@@H]1C. The van der Waals surface area contributed by atoms with Crippen molar-refractivity contribution >= 4 is 81.5 Å². The van der Waals surface area contributed by atoms with Gasteiger partial charge in [-0.25, -0.2) is 4.98 Å². The summed E-state index contributed by atoms with van der Waals surface area (Å²) in [7, 11) is 0. The topological polar surface area (TPSA) is 155 Å². The maximum absolute atomic E-state index is 13.0. The Kier molecular flexibility index (Phi) is 13.8. The van der Waals surface area contributed by atoms with Crippen molar-refractivity contribution in [3.05, 3.63) is 135 Å². The number of benzene rings is 4. The highest BCUT2D eigenvalue weighted by Crippen LogP contribution is 2.41. The molecule has 12 nitrogen and oxygen atoms in total. The number of carbonyl (C=O) groups excluding carboxylic acids is 4. The zero-order valence-electron chi connectivity index (χ0n) is 33.0. The molecule has 0 aliphatic carbocycles. The van der Waals surface area contributed by atoms with Gasteiger partial charge in [0.25, 0.3) is 17.7 Å². The lowest BCUT2D eigenvalue weighted by molar-refractivity contribution is -0.117.